The van der Waals surface area contributed by atoms with Crippen molar-refractivity contribution in [2.45, 2.75) is 18.6 Å². The fourth-order valence-corrected chi connectivity index (χ4v) is 6.15. The van der Waals surface area contributed by atoms with Gasteiger partial charge in [0.1, 0.15) is 17.2 Å². The van der Waals surface area contributed by atoms with Crippen LogP contribution in [0.3, 0.4) is 0 Å². The van der Waals surface area contributed by atoms with Crippen LogP contribution in [0.5, 0.6) is 11.5 Å². The van der Waals surface area contributed by atoms with Crippen molar-refractivity contribution in [3.8, 4) is 28.8 Å². The van der Waals surface area contributed by atoms with Crippen LogP contribution in [0.1, 0.15) is 14.8 Å². The van der Waals surface area contributed by atoms with Crippen molar-refractivity contribution in [1.82, 2.24) is 24.7 Å². The van der Waals surface area contributed by atoms with E-state index in [1.165, 1.54) is 29.9 Å². The Labute approximate surface area is 242 Å². The number of para-hydroxylation sites is 1. The second-order valence-electron chi connectivity index (χ2n) is 9.23. The minimum Gasteiger partial charge on any atom is -0.494 e. The molecule has 1 aliphatic heterocycles. The molecule has 1 aliphatic rings. The molecule has 224 valence electrons. The largest absolute Gasteiger partial charge is 0.494 e. The van der Waals surface area contributed by atoms with Gasteiger partial charge in [-0.25, -0.2) is 22.8 Å². The van der Waals surface area contributed by atoms with Gasteiger partial charge in [0.2, 0.25) is 27.7 Å². The summed E-state index contributed by atoms with van der Waals surface area (Å²) in [6.07, 6.45) is 3.33. The molecule has 0 amide bonds. The van der Waals surface area contributed by atoms with Gasteiger partial charge >= 0.3 is 5.97 Å². The number of halogens is 1. The van der Waals surface area contributed by atoms with E-state index >= 15 is 0 Å². The summed E-state index contributed by atoms with van der Waals surface area (Å²) in [5, 5.41) is 7.18. The van der Waals surface area contributed by atoms with Crippen LogP contribution in [-0.2, 0) is 19.6 Å². The maximum absolute atomic E-state index is 13.9. The van der Waals surface area contributed by atoms with Crippen LogP contribution in [0, 0.1) is 11.7 Å². The minimum absolute atomic E-state index is 0. The highest BCUT2D eigenvalue weighted by atomic mass is 32.2. The van der Waals surface area contributed by atoms with Crippen molar-refractivity contribution in [3.63, 3.8) is 0 Å². The van der Waals surface area contributed by atoms with Crippen molar-refractivity contribution >= 4 is 27.9 Å². The lowest BCUT2D eigenvalue weighted by Gasteiger charge is -2.36. The molecule has 14 nitrogen and oxygen atoms in total. The SMILES string of the molecule is CCOC(=O)[C@@H]1C[C@H](S(=O)(=O)Nc2nnc(-c3ccco3)n2-c2c(OC)cccc2OC)CN(c2ncc(F)cn2)C1.[HH]. The molecule has 4 heterocycles. The van der Waals surface area contributed by atoms with Crippen LogP contribution in [-0.4, -0.2) is 78.3 Å². The van der Waals surface area contributed by atoms with E-state index in [9.17, 15) is 17.6 Å². The first-order valence-corrected chi connectivity index (χ1v) is 14.4. The number of methoxy groups -OCH3 is 2. The van der Waals surface area contributed by atoms with E-state index in [2.05, 4.69) is 24.9 Å². The quantitative estimate of drug-likeness (QED) is 0.264. The predicted octanol–water partition coefficient (Wildman–Crippen LogP) is 2.92. The number of carbonyl (C=O) groups excluding carboxylic acids is 1. The number of piperidine rings is 1. The number of ether oxygens (including phenoxy) is 3. The standard InChI is InChI=1S/C26H28FN7O7S.H2/c1-4-40-24(35)16-11-18(15-33(14-16)25-28-12-17(27)13-29-25)42(36,37)32-26-31-30-23(21-9-6-10-41-21)34(26)22-19(38-2)7-5-8-20(22)39-3;/h5-10,12-13,16,18H,4,11,14-15H2,1-3H3,(H,31,32);1H/t16-,18+;/m1./s1. The molecule has 4 aromatic rings. The van der Waals surface area contributed by atoms with Crippen LogP contribution < -0.4 is 19.1 Å². The Morgan fingerprint density at radius 2 is 1.83 bits per heavy atom. The summed E-state index contributed by atoms with van der Waals surface area (Å²) in [6.45, 7) is 1.78. The van der Waals surface area contributed by atoms with Gasteiger partial charge in [-0.3, -0.25) is 14.1 Å². The van der Waals surface area contributed by atoms with E-state index in [-0.39, 0.29) is 45.3 Å². The second-order valence-corrected chi connectivity index (χ2v) is 11.2. The molecule has 1 fully saturated rings. The molecule has 0 aliphatic carbocycles. The maximum atomic E-state index is 13.9. The smallest absolute Gasteiger partial charge is 0.310 e. The molecule has 1 saturated heterocycles. The second kappa shape index (κ2) is 12.0. The molecule has 0 unspecified atom stereocenters. The third-order valence-corrected chi connectivity index (χ3v) is 8.31. The Morgan fingerprint density at radius 3 is 2.45 bits per heavy atom. The summed E-state index contributed by atoms with van der Waals surface area (Å²) in [6, 6.07) is 8.36. The zero-order valence-electron chi connectivity index (χ0n) is 22.9. The average molecular weight is 604 g/mol. The molecule has 0 saturated carbocycles. The van der Waals surface area contributed by atoms with Gasteiger partial charge in [-0.05, 0) is 37.6 Å². The molecule has 3 aromatic heterocycles. The van der Waals surface area contributed by atoms with Gasteiger partial charge in [-0.2, -0.15) is 0 Å². The summed E-state index contributed by atoms with van der Waals surface area (Å²) < 4.78 is 67.2. The Morgan fingerprint density at radius 1 is 1.12 bits per heavy atom. The Hall–Kier alpha value is -4.73. The van der Waals surface area contributed by atoms with E-state index < -0.39 is 33.0 Å². The lowest BCUT2D eigenvalue weighted by Crippen LogP contribution is -2.50. The highest BCUT2D eigenvalue weighted by molar-refractivity contribution is 7.93. The molecule has 0 spiro atoms. The van der Waals surface area contributed by atoms with Gasteiger partial charge in [-0.15, -0.1) is 10.2 Å². The molecular formula is C26H30FN7O7S. The van der Waals surface area contributed by atoms with Gasteiger partial charge in [-0.1, -0.05) is 6.07 Å². The number of benzene rings is 1. The van der Waals surface area contributed by atoms with E-state index in [4.69, 9.17) is 18.6 Å². The van der Waals surface area contributed by atoms with Crippen LogP contribution in [0.4, 0.5) is 16.3 Å². The maximum Gasteiger partial charge on any atom is 0.310 e. The van der Waals surface area contributed by atoms with E-state index in [0.29, 0.717) is 22.9 Å². The van der Waals surface area contributed by atoms with Gasteiger partial charge in [0, 0.05) is 14.5 Å². The van der Waals surface area contributed by atoms with E-state index in [0.717, 1.165) is 12.4 Å². The number of aromatic nitrogens is 5. The normalized spacial score (nSPS) is 17.1. The number of carbonyl (C=O) groups is 1. The summed E-state index contributed by atoms with van der Waals surface area (Å²) in [5.41, 5.74) is 0.325. The zero-order valence-corrected chi connectivity index (χ0v) is 23.7. The van der Waals surface area contributed by atoms with E-state index in [1.54, 1.807) is 37.3 Å². The van der Waals surface area contributed by atoms with Crippen LogP contribution in [0.25, 0.3) is 17.3 Å². The molecule has 0 radical (unpaired) electrons. The average Bonchev–Trinajstić information content (AvgIpc) is 3.67. The van der Waals surface area contributed by atoms with Gasteiger partial charge in [0.15, 0.2) is 11.6 Å². The van der Waals surface area contributed by atoms with Crippen LogP contribution in [0.15, 0.2) is 53.4 Å². The first-order chi connectivity index (χ1) is 20.2. The first kappa shape index (κ1) is 28.8. The number of hydrogen-bond acceptors (Lipinski definition) is 12. The number of sulfonamides is 1. The molecule has 5 rings (SSSR count). The topological polar surface area (TPSA) is 164 Å². The molecule has 1 N–H and O–H groups in total. The molecule has 0 bridgehead atoms. The summed E-state index contributed by atoms with van der Waals surface area (Å²) >= 11 is 0. The monoisotopic (exact) mass is 603 g/mol. The predicted molar refractivity (Wildman–Crippen MR) is 150 cm³/mol. The number of esters is 1. The van der Waals surface area contributed by atoms with Gasteiger partial charge in [0.05, 0.1) is 50.7 Å². The lowest BCUT2D eigenvalue weighted by atomic mass is 9.98. The Kier molecular flexibility index (Phi) is 8.24. The summed E-state index contributed by atoms with van der Waals surface area (Å²) in [7, 11) is -1.33. The van der Waals surface area contributed by atoms with Crippen molar-refractivity contribution in [3.05, 3.63) is 54.8 Å². The highest BCUT2D eigenvalue weighted by Crippen LogP contribution is 2.38. The highest BCUT2D eigenvalue weighted by Gasteiger charge is 2.41. The Bertz CT molecular complexity index is 1630. The van der Waals surface area contributed by atoms with E-state index in [1.807, 2.05) is 0 Å². The number of nitrogens with zero attached hydrogens (tertiary/aromatic N) is 6. The zero-order chi connectivity index (χ0) is 29.9. The number of anilines is 2. The number of nitrogens with one attached hydrogen (secondary N) is 1. The van der Waals surface area contributed by atoms with Crippen molar-refractivity contribution in [2.75, 3.05) is 43.5 Å². The lowest BCUT2D eigenvalue weighted by molar-refractivity contribution is -0.148. The fourth-order valence-electron chi connectivity index (χ4n) is 4.73. The Balaban J connectivity index is 0.00000423. The summed E-state index contributed by atoms with van der Waals surface area (Å²) in [5.74, 6) is -0.951. The summed E-state index contributed by atoms with van der Waals surface area (Å²) in [4.78, 5) is 22.2. The molecule has 16 heteroatoms. The molecule has 1 aromatic carbocycles. The van der Waals surface area contributed by atoms with Crippen molar-refractivity contribution in [2.24, 2.45) is 5.92 Å². The van der Waals surface area contributed by atoms with Crippen molar-refractivity contribution in [1.29, 1.82) is 0 Å². The van der Waals surface area contributed by atoms with Crippen LogP contribution >= 0.6 is 0 Å². The number of hydrogen-bond donors (Lipinski definition) is 1. The molecule has 2 atom stereocenters. The molecular weight excluding hydrogens is 573 g/mol. The first-order valence-electron chi connectivity index (χ1n) is 12.9. The third-order valence-electron chi connectivity index (χ3n) is 6.62. The van der Waals surface area contributed by atoms with Gasteiger partial charge in [0.25, 0.3) is 0 Å². The molecule has 42 heavy (non-hydrogen) atoms. The minimum atomic E-state index is -4.26. The van der Waals surface area contributed by atoms with Crippen molar-refractivity contribution < 1.29 is 37.7 Å². The number of rotatable bonds is 10. The van der Waals surface area contributed by atoms with Crippen LogP contribution in [0.2, 0.25) is 0 Å². The third kappa shape index (κ3) is 5.70. The fraction of sp³-hybridized carbons (Fsp3) is 0.346. The number of furan rings is 1. The van der Waals surface area contributed by atoms with Gasteiger partial charge < -0.3 is 23.5 Å².